The van der Waals surface area contributed by atoms with Crippen molar-refractivity contribution in [3.05, 3.63) is 77.4 Å². The highest BCUT2D eigenvalue weighted by atomic mass is 32.1. The molecule has 7 nitrogen and oxygen atoms in total. The summed E-state index contributed by atoms with van der Waals surface area (Å²) in [6, 6.07) is 18.9. The zero-order valence-electron chi connectivity index (χ0n) is 21.6. The van der Waals surface area contributed by atoms with Gasteiger partial charge in [0.25, 0.3) is 0 Å². The average Bonchev–Trinajstić information content (AvgIpc) is 2.86. The van der Waals surface area contributed by atoms with Crippen molar-refractivity contribution in [2.75, 3.05) is 23.9 Å². The van der Waals surface area contributed by atoms with E-state index >= 15 is 0 Å². The van der Waals surface area contributed by atoms with Gasteiger partial charge in [-0.3, -0.25) is 9.69 Å². The number of methoxy groups -OCH3 is 1. The van der Waals surface area contributed by atoms with Crippen LogP contribution in [0.5, 0.6) is 17.2 Å². The molecule has 1 amide bonds. The van der Waals surface area contributed by atoms with Crippen molar-refractivity contribution in [3.63, 3.8) is 0 Å². The number of thiocarbonyl (C=S) groups is 1. The van der Waals surface area contributed by atoms with Gasteiger partial charge >= 0.3 is 0 Å². The fourth-order valence-corrected chi connectivity index (χ4v) is 5.76. The Hall–Kier alpha value is -3.78. The lowest BCUT2D eigenvalue weighted by Crippen LogP contribution is -2.72. The van der Waals surface area contributed by atoms with E-state index < -0.39 is 17.7 Å². The maximum Gasteiger partial charge on any atom is 0.236 e. The number of para-hydroxylation sites is 1. The van der Waals surface area contributed by atoms with Gasteiger partial charge in [-0.05, 0) is 81.9 Å². The van der Waals surface area contributed by atoms with E-state index in [1.165, 1.54) is 0 Å². The molecule has 3 aromatic rings. The average molecular weight is 518 g/mol. The summed E-state index contributed by atoms with van der Waals surface area (Å²) in [4.78, 5) is 15.9. The molecule has 0 aromatic heterocycles. The summed E-state index contributed by atoms with van der Waals surface area (Å²) < 4.78 is 18.0. The molecule has 3 atom stereocenters. The van der Waals surface area contributed by atoms with Crippen LogP contribution in [0.15, 0.2) is 60.7 Å². The highest BCUT2D eigenvalue weighted by Gasteiger charge is 2.59. The largest absolute Gasteiger partial charge is 0.494 e. The Morgan fingerprint density at radius 3 is 2.59 bits per heavy atom. The van der Waals surface area contributed by atoms with Gasteiger partial charge in [0, 0.05) is 16.9 Å². The standard InChI is InChI=1S/C29H31N3O4S/c1-6-35-20-13-11-19(12-14-20)32-28(37)31-25-21-8-7-9-23(34-5)26(21)36-29(32,4)24(25)27(33)30-22-15-10-17(2)16-18(22)3/h7-16,24-25H,6H2,1-5H3,(H,30,33)(H,31,37)/t24-,25-,29-/m0/s1. The Labute approximate surface area is 222 Å². The molecule has 8 heteroatoms. The van der Waals surface area contributed by atoms with E-state index in [1.807, 2.05) is 87.2 Å². The second kappa shape index (κ2) is 9.59. The van der Waals surface area contributed by atoms with E-state index in [9.17, 15) is 4.79 Å². The maximum atomic E-state index is 14.1. The Balaban J connectivity index is 1.61. The van der Waals surface area contributed by atoms with Crippen molar-refractivity contribution in [2.24, 2.45) is 5.92 Å². The summed E-state index contributed by atoms with van der Waals surface area (Å²) in [7, 11) is 1.61. The molecule has 0 spiro atoms. The summed E-state index contributed by atoms with van der Waals surface area (Å²) in [5.41, 5.74) is 3.36. The molecule has 1 saturated heterocycles. The molecule has 0 aliphatic carbocycles. The predicted molar refractivity (Wildman–Crippen MR) is 149 cm³/mol. The topological polar surface area (TPSA) is 72.1 Å². The fraction of sp³-hybridized carbons (Fsp3) is 0.310. The fourth-order valence-electron chi connectivity index (χ4n) is 5.34. The molecule has 2 aliphatic rings. The van der Waals surface area contributed by atoms with Crippen LogP contribution in [0, 0.1) is 19.8 Å². The predicted octanol–water partition coefficient (Wildman–Crippen LogP) is 5.51. The number of nitrogens with one attached hydrogen (secondary N) is 2. The first-order valence-corrected chi connectivity index (χ1v) is 12.7. The highest BCUT2D eigenvalue weighted by Crippen LogP contribution is 2.52. The molecule has 5 rings (SSSR count). The molecule has 2 bridgehead atoms. The summed E-state index contributed by atoms with van der Waals surface area (Å²) in [6.45, 7) is 8.44. The lowest BCUT2D eigenvalue weighted by atomic mass is 9.78. The van der Waals surface area contributed by atoms with Gasteiger partial charge in [0.15, 0.2) is 22.3 Å². The summed E-state index contributed by atoms with van der Waals surface area (Å²) in [5.74, 6) is 1.14. The molecule has 0 radical (unpaired) electrons. The van der Waals surface area contributed by atoms with Gasteiger partial charge in [0.1, 0.15) is 11.7 Å². The van der Waals surface area contributed by atoms with Crippen LogP contribution in [0.3, 0.4) is 0 Å². The molecule has 192 valence electrons. The van der Waals surface area contributed by atoms with Crippen molar-refractivity contribution in [3.8, 4) is 17.2 Å². The highest BCUT2D eigenvalue weighted by molar-refractivity contribution is 7.80. The van der Waals surface area contributed by atoms with E-state index in [2.05, 4.69) is 16.7 Å². The van der Waals surface area contributed by atoms with Gasteiger partial charge in [-0.1, -0.05) is 29.8 Å². The first-order chi connectivity index (χ1) is 17.8. The summed E-state index contributed by atoms with van der Waals surface area (Å²) in [6.07, 6.45) is 0. The van der Waals surface area contributed by atoms with Gasteiger partial charge in [0.2, 0.25) is 5.91 Å². The minimum atomic E-state index is -1.15. The van der Waals surface area contributed by atoms with E-state index in [0.29, 0.717) is 23.2 Å². The zero-order valence-corrected chi connectivity index (χ0v) is 22.4. The zero-order chi connectivity index (χ0) is 26.3. The lowest BCUT2D eigenvalue weighted by Gasteiger charge is -2.56. The molecular weight excluding hydrogens is 486 g/mol. The molecule has 0 saturated carbocycles. The molecule has 37 heavy (non-hydrogen) atoms. The molecule has 1 fully saturated rings. The van der Waals surface area contributed by atoms with Crippen molar-refractivity contribution in [1.29, 1.82) is 0 Å². The molecule has 3 aromatic carbocycles. The number of carbonyl (C=O) groups is 1. The first kappa shape index (κ1) is 24.9. The van der Waals surface area contributed by atoms with Gasteiger partial charge < -0.3 is 24.8 Å². The number of benzene rings is 3. The van der Waals surface area contributed by atoms with Crippen LogP contribution in [0.1, 0.15) is 36.6 Å². The summed E-state index contributed by atoms with van der Waals surface area (Å²) >= 11 is 5.85. The van der Waals surface area contributed by atoms with E-state index in [-0.39, 0.29) is 5.91 Å². The molecule has 2 heterocycles. The Kier molecular flexibility index (Phi) is 6.45. The van der Waals surface area contributed by atoms with Crippen molar-refractivity contribution < 1.29 is 19.0 Å². The number of hydrogen-bond acceptors (Lipinski definition) is 5. The van der Waals surface area contributed by atoms with Crippen LogP contribution in [0.2, 0.25) is 0 Å². The molecule has 2 aliphatic heterocycles. The number of amides is 1. The van der Waals surface area contributed by atoms with E-state index in [4.69, 9.17) is 26.4 Å². The van der Waals surface area contributed by atoms with Gasteiger partial charge in [0.05, 0.1) is 19.8 Å². The van der Waals surface area contributed by atoms with Crippen molar-refractivity contribution >= 4 is 34.6 Å². The third-order valence-electron chi connectivity index (χ3n) is 7.04. The summed E-state index contributed by atoms with van der Waals surface area (Å²) in [5, 5.41) is 7.06. The first-order valence-electron chi connectivity index (χ1n) is 12.3. The number of carbonyl (C=O) groups excluding carboxylic acids is 1. The quantitative estimate of drug-likeness (QED) is 0.418. The van der Waals surface area contributed by atoms with Crippen molar-refractivity contribution in [2.45, 2.75) is 39.5 Å². The number of aryl methyl sites for hydroxylation is 2. The number of rotatable bonds is 6. The monoisotopic (exact) mass is 517 g/mol. The van der Waals surface area contributed by atoms with Crippen molar-refractivity contribution in [1.82, 2.24) is 5.32 Å². The second-order valence-electron chi connectivity index (χ2n) is 9.51. The van der Waals surface area contributed by atoms with Crippen LogP contribution in [0.4, 0.5) is 11.4 Å². The SMILES string of the molecule is CCOc1ccc(N2C(=S)N[C@H]3c4cccc(OC)c4O[C@@]2(C)[C@@H]3C(=O)Nc2ccc(C)cc2C)cc1. The number of anilines is 2. The minimum absolute atomic E-state index is 0.168. The number of ether oxygens (including phenoxy) is 3. The number of nitrogens with zero attached hydrogens (tertiary/aromatic N) is 1. The smallest absolute Gasteiger partial charge is 0.236 e. The Bertz CT molecular complexity index is 1360. The van der Waals surface area contributed by atoms with Crippen LogP contribution >= 0.6 is 12.2 Å². The maximum absolute atomic E-state index is 14.1. The third kappa shape index (κ3) is 4.25. The molecule has 0 unspecified atom stereocenters. The van der Waals surface area contributed by atoms with E-state index in [1.54, 1.807) is 7.11 Å². The molecule has 2 N–H and O–H groups in total. The van der Waals surface area contributed by atoms with Crippen LogP contribution in [-0.2, 0) is 4.79 Å². The number of hydrogen-bond donors (Lipinski definition) is 2. The van der Waals surface area contributed by atoms with Crippen LogP contribution in [-0.4, -0.2) is 30.5 Å². The molecular formula is C29H31N3O4S. The van der Waals surface area contributed by atoms with Gasteiger partial charge in [-0.25, -0.2) is 0 Å². The Morgan fingerprint density at radius 2 is 1.92 bits per heavy atom. The van der Waals surface area contributed by atoms with Crippen LogP contribution < -0.4 is 29.7 Å². The van der Waals surface area contributed by atoms with Crippen LogP contribution in [0.25, 0.3) is 0 Å². The normalized spacial score (nSPS) is 21.9. The third-order valence-corrected chi connectivity index (χ3v) is 7.34. The second-order valence-corrected chi connectivity index (χ2v) is 9.90. The minimum Gasteiger partial charge on any atom is -0.494 e. The Morgan fingerprint density at radius 1 is 1.16 bits per heavy atom. The van der Waals surface area contributed by atoms with Gasteiger partial charge in [-0.15, -0.1) is 0 Å². The van der Waals surface area contributed by atoms with E-state index in [0.717, 1.165) is 33.8 Å². The van der Waals surface area contributed by atoms with Gasteiger partial charge in [-0.2, -0.15) is 0 Å². The lowest BCUT2D eigenvalue weighted by molar-refractivity contribution is -0.130. The number of fused-ring (bicyclic) bond motifs is 4.